The lowest BCUT2D eigenvalue weighted by atomic mass is 9.94. The van der Waals surface area contributed by atoms with Gasteiger partial charge in [-0.05, 0) is 31.5 Å². The topological polar surface area (TPSA) is 62.6 Å². The minimum absolute atomic E-state index is 0.201. The molecule has 0 aliphatic carbocycles. The van der Waals surface area contributed by atoms with Gasteiger partial charge in [-0.25, -0.2) is 0 Å². The number of hydrogen-bond acceptors (Lipinski definition) is 4. The third kappa shape index (κ3) is 2.63. The van der Waals surface area contributed by atoms with Gasteiger partial charge in [0, 0.05) is 13.6 Å². The van der Waals surface area contributed by atoms with Crippen LogP contribution in [0.5, 0.6) is 11.5 Å². The van der Waals surface area contributed by atoms with Crippen LogP contribution in [0, 0.1) is 16.7 Å². The van der Waals surface area contributed by atoms with Crippen LogP contribution < -0.4 is 9.47 Å². The van der Waals surface area contributed by atoms with Crippen LogP contribution in [-0.2, 0) is 11.3 Å². The molecule has 1 aliphatic heterocycles. The van der Waals surface area contributed by atoms with Crippen molar-refractivity contribution >= 4 is 5.91 Å². The number of rotatable bonds is 3. The van der Waals surface area contributed by atoms with Crippen molar-refractivity contribution in [2.24, 2.45) is 5.41 Å². The van der Waals surface area contributed by atoms with E-state index in [1.165, 1.54) is 0 Å². The first kappa shape index (κ1) is 13.2. The molecule has 1 heterocycles. The molecule has 0 bridgehead atoms. The Hall–Kier alpha value is -2.22. The van der Waals surface area contributed by atoms with Gasteiger partial charge in [0.05, 0.1) is 6.07 Å². The Bertz CT molecular complexity index is 546. The summed E-state index contributed by atoms with van der Waals surface area (Å²) in [5.41, 5.74) is -0.0701. The Morgan fingerprint density at radius 1 is 1.42 bits per heavy atom. The van der Waals surface area contributed by atoms with Gasteiger partial charge in [0.25, 0.3) is 0 Å². The zero-order valence-corrected chi connectivity index (χ0v) is 11.3. The van der Waals surface area contributed by atoms with E-state index in [4.69, 9.17) is 14.7 Å². The number of carbonyl (C=O) groups is 1. The van der Waals surface area contributed by atoms with Gasteiger partial charge < -0.3 is 14.4 Å². The van der Waals surface area contributed by atoms with Crippen LogP contribution in [0.15, 0.2) is 18.2 Å². The smallest absolute Gasteiger partial charge is 0.242 e. The van der Waals surface area contributed by atoms with Gasteiger partial charge in [0.15, 0.2) is 11.5 Å². The van der Waals surface area contributed by atoms with Crippen LogP contribution in [0.4, 0.5) is 0 Å². The highest BCUT2D eigenvalue weighted by atomic mass is 16.7. The number of carbonyl (C=O) groups excluding carboxylic acids is 1. The van der Waals surface area contributed by atoms with Gasteiger partial charge in [-0.1, -0.05) is 6.07 Å². The molecule has 1 aromatic rings. The van der Waals surface area contributed by atoms with E-state index in [1.54, 1.807) is 25.8 Å². The van der Waals surface area contributed by atoms with Crippen LogP contribution in [0.2, 0.25) is 0 Å². The molecule has 0 spiro atoms. The van der Waals surface area contributed by atoms with Crippen LogP contribution in [0.25, 0.3) is 0 Å². The predicted octanol–water partition coefficient (Wildman–Crippen LogP) is 1.92. The monoisotopic (exact) mass is 260 g/mol. The molecule has 0 fully saturated rings. The first-order valence-electron chi connectivity index (χ1n) is 5.99. The van der Waals surface area contributed by atoms with Gasteiger partial charge in [0.1, 0.15) is 5.41 Å². The zero-order chi connectivity index (χ0) is 14.0. The number of nitrogens with zero attached hydrogens (tertiary/aromatic N) is 2. The van der Waals surface area contributed by atoms with E-state index in [1.807, 2.05) is 24.3 Å². The highest BCUT2D eigenvalue weighted by Gasteiger charge is 2.30. The molecule has 1 aromatic carbocycles. The molecule has 19 heavy (non-hydrogen) atoms. The molecule has 0 unspecified atom stereocenters. The van der Waals surface area contributed by atoms with E-state index in [-0.39, 0.29) is 12.7 Å². The molecule has 5 heteroatoms. The fourth-order valence-corrected chi connectivity index (χ4v) is 1.91. The second kappa shape index (κ2) is 4.81. The largest absolute Gasteiger partial charge is 0.454 e. The van der Waals surface area contributed by atoms with Crippen molar-refractivity contribution in [2.45, 2.75) is 20.4 Å². The highest BCUT2D eigenvalue weighted by Crippen LogP contribution is 2.33. The number of ether oxygens (including phenoxy) is 2. The second-order valence-corrected chi connectivity index (χ2v) is 5.09. The molecule has 0 saturated heterocycles. The van der Waals surface area contributed by atoms with Crippen LogP contribution >= 0.6 is 0 Å². The minimum atomic E-state index is -1.01. The third-order valence-electron chi connectivity index (χ3n) is 3.02. The Labute approximate surface area is 112 Å². The van der Waals surface area contributed by atoms with Crippen molar-refractivity contribution in [3.8, 4) is 17.6 Å². The lowest BCUT2D eigenvalue weighted by Crippen LogP contribution is -2.37. The van der Waals surface area contributed by atoms with Gasteiger partial charge in [-0.15, -0.1) is 0 Å². The number of benzene rings is 1. The van der Waals surface area contributed by atoms with Crippen molar-refractivity contribution in [3.63, 3.8) is 0 Å². The first-order chi connectivity index (χ1) is 8.94. The molecule has 0 atom stereocenters. The van der Waals surface area contributed by atoms with Gasteiger partial charge >= 0.3 is 0 Å². The van der Waals surface area contributed by atoms with E-state index >= 15 is 0 Å². The summed E-state index contributed by atoms with van der Waals surface area (Å²) in [5, 5.41) is 8.97. The number of nitriles is 1. The molecule has 0 aromatic heterocycles. The van der Waals surface area contributed by atoms with Crippen molar-refractivity contribution < 1.29 is 14.3 Å². The Balaban J connectivity index is 2.10. The summed E-state index contributed by atoms with van der Waals surface area (Å²) < 4.78 is 10.5. The average molecular weight is 260 g/mol. The van der Waals surface area contributed by atoms with Crippen molar-refractivity contribution in [1.29, 1.82) is 5.26 Å². The van der Waals surface area contributed by atoms with Crippen molar-refractivity contribution in [1.82, 2.24) is 4.90 Å². The van der Waals surface area contributed by atoms with Crippen LogP contribution in [-0.4, -0.2) is 24.6 Å². The maximum absolute atomic E-state index is 12.1. The lowest BCUT2D eigenvalue weighted by molar-refractivity contribution is -0.136. The second-order valence-electron chi connectivity index (χ2n) is 5.09. The Morgan fingerprint density at radius 2 is 2.11 bits per heavy atom. The third-order valence-corrected chi connectivity index (χ3v) is 3.02. The normalized spacial score (nSPS) is 12.9. The fourth-order valence-electron chi connectivity index (χ4n) is 1.91. The summed E-state index contributed by atoms with van der Waals surface area (Å²) in [6, 6.07) is 7.58. The van der Waals surface area contributed by atoms with Crippen LogP contribution in [0.1, 0.15) is 19.4 Å². The number of amides is 1. The molecular weight excluding hydrogens is 244 g/mol. The molecule has 100 valence electrons. The summed E-state index contributed by atoms with van der Waals surface area (Å²) in [6.07, 6.45) is 0. The average Bonchev–Trinajstić information content (AvgIpc) is 2.85. The van der Waals surface area contributed by atoms with Crippen LogP contribution in [0.3, 0.4) is 0 Å². The van der Waals surface area contributed by atoms with Gasteiger partial charge in [-0.3, -0.25) is 4.79 Å². The van der Waals surface area contributed by atoms with E-state index in [0.717, 1.165) is 11.3 Å². The zero-order valence-electron chi connectivity index (χ0n) is 11.3. The summed E-state index contributed by atoms with van der Waals surface area (Å²) in [7, 11) is 1.69. The Morgan fingerprint density at radius 3 is 2.79 bits per heavy atom. The maximum atomic E-state index is 12.1. The first-order valence-corrected chi connectivity index (χ1v) is 5.99. The molecule has 0 radical (unpaired) electrons. The van der Waals surface area contributed by atoms with Gasteiger partial charge in [0.2, 0.25) is 12.7 Å². The predicted molar refractivity (Wildman–Crippen MR) is 68.4 cm³/mol. The molecular formula is C14H16N2O3. The lowest BCUT2D eigenvalue weighted by Gasteiger charge is -2.24. The van der Waals surface area contributed by atoms with E-state index < -0.39 is 5.41 Å². The fraction of sp³-hybridized carbons (Fsp3) is 0.429. The molecule has 1 amide bonds. The van der Waals surface area contributed by atoms with Crippen molar-refractivity contribution in [2.75, 3.05) is 13.8 Å². The Kier molecular flexibility index (Phi) is 3.34. The van der Waals surface area contributed by atoms with E-state index in [2.05, 4.69) is 0 Å². The van der Waals surface area contributed by atoms with Crippen molar-refractivity contribution in [3.05, 3.63) is 23.8 Å². The maximum Gasteiger partial charge on any atom is 0.242 e. The number of fused-ring (bicyclic) bond motifs is 1. The summed E-state index contributed by atoms with van der Waals surface area (Å²) in [4.78, 5) is 13.6. The summed E-state index contributed by atoms with van der Waals surface area (Å²) in [6.45, 7) is 3.90. The van der Waals surface area contributed by atoms with E-state index in [9.17, 15) is 4.79 Å². The molecule has 2 rings (SSSR count). The van der Waals surface area contributed by atoms with Gasteiger partial charge in [-0.2, -0.15) is 5.26 Å². The summed E-state index contributed by atoms with van der Waals surface area (Å²) in [5.74, 6) is 1.21. The standard InChI is InChI=1S/C14H16N2O3/c1-14(2,8-15)13(17)16(3)7-10-4-5-11-12(6-10)19-9-18-11/h4-6H,7,9H2,1-3H3. The molecule has 1 aliphatic rings. The minimum Gasteiger partial charge on any atom is -0.454 e. The molecule has 0 saturated carbocycles. The highest BCUT2D eigenvalue weighted by molar-refractivity contribution is 5.84. The van der Waals surface area contributed by atoms with E-state index in [0.29, 0.717) is 12.3 Å². The molecule has 0 N–H and O–H groups in total. The SMILES string of the molecule is CN(Cc1ccc2c(c1)OCO2)C(=O)C(C)(C)C#N. The number of hydrogen-bond donors (Lipinski definition) is 0. The summed E-state index contributed by atoms with van der Waals surface area (Å²) >= 11 is 0. The molecule has 5 nitrogen and oxygen atoms in total. The quantitative estimate of drug-likeness (QED) is 0.833.